The summed E-state index contributed by atoms with van der Waals surface area (Å²) in [5.74, 6) is 1.05. The Balaban J connectivity index is 2.04. The van der Waals surface area contributed by atoms with Crippen molar-refractivity contribution in [1.82, 2.24) is 4.98 Å². The highest BCUT2D eigenvalue weighted by molar-refractivity contribution is 8.00. The Morgan fingerprint density at radius 1 is 0.972 bits per heavy atom. The summed E-state index contributed by atoms with van der Waals surface area (Å²) in [5.41, 5.74) is 7.40. The summed E-state index contributed by atoms with van der Waals surface area (Å²) < 4.78 is 21.5. The summed E-state index contributed by atoms with van der Waals surface area (Å²) in [6.45, 7) is 0. The maximum atomic E-state index is 12.6. The molecule has 2 aromatic carbocycles. The lowest BCUT2D eigenvalue weighted by atomic mass is 9.96. The van der Waals surface area contributed by atoms with Gasteiger partial charge in [0.05, 0.1) is 45.4 Å². The lowest BCUT2D eigenvalue weighted by Gasteiger charge is -2.17. The molecule has 11 heteroatoms. The van der Waals surface area contributed by atoms with Crippen molar-refractivity contribution < 1.29 is 23.7 Å². The average Bonchev–Trinajstić information content (AvgIpc) is 2.90. The molecule has 0 saturated heterocycles. The van der Waals surface area contributed by atoms with E-state index < -0.39 is 0 Å². The fourth-order valence-electron chi connectivity index (χ4n) is 3.48. The molecular weight excluding hydrogens is 482 g/mol. The minimum Gasteiger partial charge on any atom is -0.495 e. The molecule has 0 fully saturated rings. The van der Waals surface area contributed by atoms with Crippen molar-refractivity contribution in [2.24, 2.45) is 0 Å². The maximum Gasteiger partial charge on any atom is 0.234 e. The first-order chi connectivity index (χ1) is 17.4. The number of amides is 1. The van der Waals surface area contributed by atoms with E-state index in [0.29, 0.717) is 34.2 Å². The van der Waals surface area contributed by atoms with Crippen LogP contribution in [-0.2, 0) is 4.79 Å². The van der Waals surface area contributed by atoms with Crippen LogP contribution >= 0.6 is 11.8 Å². The largest absolute Gasteiger partial charge is 0.495 e. The normalized spacial score (nSPS) is 10.1. The predicted octanol–water partition coefficient (Wildman–Crippen LogP) is 3.84. The van der Waals surface area contributed by atoms with Crippen LogP contribution < -0.4 is 30.0 Å². The number of nitrogens with two attached hydrogens (primary N) is 1. The van der Waals surface area contributed by atoms with Gasteiger partial charge in [-0.1, -0.05) is 23.9 Å². The van der Waals surface area contributed by atoms with Crippen molar-refractivity contribution in [1.29, 1.82) is 10.5 Å². The van der Waals surface area contributed by atoms with Crippen molar-refractivity contribution in [3.05, 3.63) is 47.5 Å². The van der Waals surface area contributed by atoms with Crippen LogP contribution in [0, 0.1) is 22.7 Å². The van der Waals surface area contributed by atoms with E-state index in [1.54, 1.807) is 36.4 Å². The third kappa shape index (κ3) is 5.22. The first-order valence-electron chi connectivity index (χ1n) is 10.4. The Bertz CT molecular complexity index is 1360. The molecule has 0 aliphatic carbocycles. The molecular formula is C25H23N5O5S. The molecule has 0 unspecified atom stereocenters. The van der Waals surface area contributed by atoms with Gasteiger partial charge in [0.25, 0.3) is 0 Å². The highest BCUT2D eigenvalue weighted by atomic mass is 32.2. The minimum atomic E-state index is -0.340. The van der Waals surface area contributed by atoms with Gasteiger partial charge >= 0.3 is 0 Å². The Morgan fingerprint density at radius 2 is 1.58 bits per heavy atom. The van der Waals surface area contributed by atoms with Crippen LogP contribution in [0.15, 0.2) is 41.4 Å². The van der Waals surface area contributed by atoms with Crippen LogP contribution in [0.4, 0.5) is 11.5 Å². The van der Waals surface area contributed by atoms with E-state index in [9.17, 15) is 15.3 Å². The molecule has 0 aliphatic rings. The van der Waals surface area contributed by atoms with Crippen LogP contribution in [0.1, 0.15) is 11.1 Å². The van der Waals surface area contributed by atoms with Gasteiger partial charge in [0.15, 0.2) is 11.5 Å². The van der Waals surface area contributed by atoms with Crippen LogP contribution in [0.3, 0.4) is 0 Å². The number of nitrogens with one attached hydrogen (secondary N) is 1. The van der Waals surface area contributed by atoms with E-state index in [1.165, 1.54) is 28.4 Å². The van der Waals surface area contributed by atoms with Crippen LogP contribution in [-0.4, -0.2) is 45.1 Å². The molecule has 184 valence electrons. The van der Waals surface area contributed by atoms with E-state index >= 15 is 0 Å². The molecule has 3 aromatic rings. The zero-order valence-electron chi connectivity index (χ0n) is 20.0. The molecule has 10 nitrogen and oxygen atoms in total. The average molecular weight is 506 g/mol. The number of carbonyl (C=O) groups is 1. The Morgan fingerprint density at radius 3 is 2.14 bits per heavy atom. The third-order valence-corrected chi connectivity index (χ3v) is 6.07. The number of rotatable bonds is 9. The number of nitrogen functional groups attached to an aromatic ring is 1. The lowest BCUT2D eigenvalue weighted by molar-refractivity contribution is -0.113. The number of nitrogens with zero attached hydrogens (tertiary/aromatic N) is 3. The van der Waals surface area contributed by atoms with Gasteiger partial charge in [-0.2, -0.15) is 10.5 Å². The summed E-state index contributed by atoms with van der Waals surface area (Å²) in [4.78, 5) is 16.9. The van der Waals surface area contributed by atoms with Gasteiger partial charge in [0.2, 0.25) is 11.7 Å². The van der Waals surface area contributed by atoms with Crippen molar-refractivity contribution in [2.75, 3.05) is 45.2 Å². The predicted molar refractivity (Wildman–Crippen MR) is 136 cm³/mol. The number of nitriles is 2. The third-order valence-electron chi connectivity index (χ3n) is 5.09. The number of aromatic nitrogens is 1. The van der Waals surface area contributed by atoms with E-state index in [1.807, 2.05) is 6.07 Å². The SMILES string of the molecule is COc1ccccc1NC(=O)CSc1nc(N)c(C#N)c(-c2cc(OC)c(OC)c(OC)c2)c1C#N. The van der Waals surface area contributed by atoms with Gasteiger partial charge in [0.1, 0.15) is 34.3 Å². The Hall–Kier alpha value is -4.61. The van der Waals surface area contributed by atoms with Gasteiger partial charge < -0.3 is 30.0 Å². The minimum absolute atomic E-state index is 0.0173. The molecule has 0 saturated carbocycles. The van der Waals surface area contributed by atoms with E-state index in [-0.39, 0.29) is 39.2 Å². The number of thioether (sulfide) groups is 1. The number of hydrogen-bond acceptors (Lipinski definition) is 10. The highest BCUT2D eigenvalue weighted by Crippen LogP contribution is 2.44. The molecule has 3 N–H and O–H groups in total. The fourth-order valence-corrected chi connectivity index (χ4v) is 4.28. The summed E-state index contributed by atoms with van der Waals surface area (Å²) in [5, 5.41) is 22.8. The topological polar surface area (TPSA) is 153 Å². The van der Waals surface area contributed by atoms with Gasteiger partial charge in [-0.15, -0.1) is 0 Å². The fraction of sp³-hybridized carbons (Fsp3) is 0.200. The summed E-state index contributed by atoms with van der Waals surface area (Å²) in [6, 6.07) is 14.3. The van der Waals surface area contributed by atoms with Gasteiger partial charge in [-0.25, -0.2) is 4.98 Å². The second kappa shape index (κ2) is 11.7. The smallest absolute Gasteiger partial charge is 0.234 e. The van der Waals surface area contributed by atoms with Crippen LogP contribution in [0.2, 0.25) is 0 Å². The number of methoxy groups -OCH3 is 4. The number of hydrogen-bond donors (Lipinski definition) is 2. The Kier molecular flexibility index (Phi) is 8.44. The van der Waals surface area contributed by atoms with Crippen molar-refractivity contribution in [3.63, 3.8) is 0 Å². The van der Waals surface area contributed by atoms with Crippen molar-refractivity contribution in [3.8, 4) is 46.3 Å². The molecule has 1 amide bonds. The Labute approximate surface area is 212 Å². The van der Waals surface area contributed by atoms with Gasteiger partial charge in [-0.05, 0) is 29.8 Å². The molecule has 0 aliphatic heterocycles. The second-order valence-electron chi connectivity index (χ2n) is 7.10. The zero-order valence-corrected chi connectivity index (χ0v) is 20.9. The number of carbonyl (C=O) groups excluding carboxylic acids is 1. The lowest BCUT2D eigenvalue weighted by Crippen LogP contribution is -2.15. The summed E-state index contributed by atoms with van der Waals surface area (Å²) >= 11 is 1.02. The second-order valence-corrected chi connectivity index (χ2v) is 8.07. The number of ether oxygens (including phenoxy) is 4. The maximum absolute atomic E-state index is 12.6. The first-order valence-corrected chi connectivity index (χ1v) is 11.4. The monoisotopic (exact) mass is 505 g/mol. The van der Waals surface area contributed by atoms with Crippen LogP contribution in [0.5, 0.6) is 23.0 Å². The van der Waals surface area contributed by atoms with E-state index in [4.69, 9.17) is 24.7 Å². The summed E-state index contributed by atoms with van der Waals surface area (Å²) in [7, 11) is 5.89. The molecule has 0 bridgehead atoms. The molecule has 1 aromatic heterocycles. The van der Waals surface area contributed by atoms with Crippen molar-refractivity contribution >= 4 is 29.2 Å². The van der Waals surface area contributed by atoms with Gasteiger partial charge in [-0.3, -0.25) is 4.79 Å². The standard InChI is InChI=1S/C25H23N5O5S/c1-32-18-8-6-5-7-17(18)29-21(31)13-36-25-16(12-27)22(15(11-26)24(28)30-25)14-9-19(33-2)23(35-4)20(10-14)34-3/h5-10H,13H2,1-4H3,(H2,28,30)(H,29,31). The van der Waals surface area contributed by atoms with Gasteiger partial charge in [0, 0.05) is 5.56 Å². The highest BCUT2D eigenvalue weighted by Gasteiger charge is 2.24. The molecule has 36 heavy (non-hydrogen) atoms. The van der Waals surface area contributed by atoms with Crippen LogP contribution in [0.25, 0.3) is 11.1 Å². The number of pyridine rings is 1. The molecule has 0 radical (unpaired) electrons. The van der Waals surface area contributed by atoms with E-state index in [0.717, 1.165) is 11.8 Å². The molecule has 3 rings (SSSR count). The zero-order chi connectivity index (χ0) is 26.2. The quantitative estimate of drug-likeness (QED) is 0.410. The number of para-hydroxylation sites is 2. The summed E-state index contributed by atoms with van der Waals surface area (Å²) in [6.07, 6.45) is 0. The molecule has 1 heterocycles. The number of anilines is 2. The van der Waals surface area contributed by atoms with E-state index in [2.05, 4.69) is 16.4 Å². The molecule has 0 atom stereocenters. The number of benzene rings is 2. The first kappa shape index (κ1) is 26.0. The molecule has 0 spiro atoms. The van der Waals surface area contributed by atoms with Crippen molar-refractivity contribution in [2.45, 2.75) is 5.03 Å².